The Balaban J connectivity index is 1.79. The molecule has 10 nitrogen and oxygen atoms in total. The van der Waals surface area contributed by atoms with E-state index in [1.165, 1.54) is 16.7 Å². The predicted octanol–water partition coefficient (Wildman–Crippen LogP) is 2.33. The number of aromatic amines is 1. The van der Waals surface area contributed by atoms with Gasteiger partial charge < -0.3 is 20.1 Å². The maximum absolute atomic E-state index is 13.0. The number of carbonyl (C=O) groups excluding carboxylic acids is 2. The smallest absolute Gasteiger partial charge is 0.338 e. The van der Waals surface area contributed by atoms with E-state index in [1.807, 2.05) is 37.3 Å². The molecule has 0 saturated carbocycles. The van der Waals surface area contributed by atoms with Crippen LogP contribution in [-0.4, -0.2) is 41.2 Å². The van der Waals surface area contributed by atoms with Gasteiger partial charge in [-0.1, -0.05) is 49.9 Å². The molecule has 0 spiro atoms. The standard InChI is InChI=1S/C26H28N4O6/c1-3-14-29(21(31)17-36-25(33)19-10-12-20(13-11-19)35-15-4-2)22-23(27)30(26(34)28-24(22)32)16-18-8-6-5-7-9-18/h4-13H,2-3,14-17,27H2,1H3,(H,28,32,34). The first kappa shape index (κ1) is 26.0. The Kier molecular flexibility index (Phi) is 8.82. The van der Waals surface area contributed by atoms with Gasteiger partial charge in [0.2, 0.25) is 0 Å². The number of benzene rings is 2. The van der Waals surface area contributed by atoms with Crippen LogP contribution in [0.15, 0.2) is 76.8 Å². The molecule has 2 aromatic carbocycles. The van der Waals surface area contributed by atoms with Crippen LogP contribution in [0.2, 0.25) is 0 Å². The van der Waals surface area contributed by atoms with Crippen LogP contribution < -0.4 is 26.6 Å². The third-order valence-corrected chi connectivity index (χ3v) is 5.20. The number of nitrogens with zero attached hydrogens (tertiary/aromatic N) is 2. The summed E-state index contributed by atoms with van der Waals surface area (Å²) in [6, 6.07) is 15.3. The molecular weight excluding hydrogens is 464 g/mol. The van der Waals surface area contributed by atoms with E-state index in [4.69, 9.17) is 15.2 Å². The zero-order valence-corrected chi connectivity index (χ0v) is 19.9. The molecule has 1 heterocycles. The lowest BCUT2D eigenvalue weighted by molar-refractivity contribution is -0.121. The average molecular weight is 493 g/mol. The summed E-state index contributed by atoms with van der Waals surface area (Å²) in [7, 11) is 0. The van der Waals surface area contributed by atoms with Gasteiger partial charge in [0.1, 0.15) is 18.2 Å². The molecule has 0 aliphatic heterocycles. The summed E-state index contributed by atoms with van der Waals surface area (Å²) in [6.45, 7) is 5.32. The highest BCUT2D eigenvalue weighted by molar-refractivity contribution is 5.98. The summed E-state index contributed by atoms with van der Waals surface area (Å²) in [4.78, 5) is 54.0. The Hall–Kier alpha value is -4.60. The van der Waals surface area contributed by atoms with E-state index in [0.717, 1.165) is 10.5 Å². The third-order valence-electron chi connectivity index (χ3n) is 5.20. The molecule has 0 unspecified atom stereocenters. The van der Waals surface area contributed by atoms with Crippen molar-refractivity contribution in [1.29, 1.82) is 0 Å². The number of H-pyrrole nitrogens is 1. The number of ether oxygens (including phenoxy) is 2. The van der Waals surface area contributed by atoms with E-state index in [9.17, 15) is 19.2 Å². The van der Waals surface area contributed by atoms with E-state index in [2.05, 4.69) is 11.6 Å². The molecule has 0 radical (unpaired) electrons. The Morgan fingerprint density at radius 1 is 1.11 bits per heavy atom. The summed E-state index contributed by atoms with van der Waals surface area (Å²) < 4.78 is 11.7. The van der Waals surface area contributed by atoms with E-state index < -0.39 is 29.7 Å². The van der Waals surface area contributed by atoms with E-state index in [1.54, 1.807) is 18.2 Å². The van der Waals surface area contributed by atoms with Crippen molar-refractivity contribution >= 4 is 23.4 Å². The lowest BCUT2D eigenvalue weighted by Crippen LogP contribution is -2.43. The van der Waals surface area contributed by atoms with Crippen LogP contribution in [0.5, 0.6) is 5.75 Å². The van der Waals surface area contributed by atoms with Crippen LogP contribution in [0.3, 0.4) is 0 Å². The number of hydrogen-bond donors (Lipinski definition) is 2. The minimum atomic E-state index is -0.801. The number of nitrogens with one attached hydrogen (secondary N) is 1. The Bertz CT molecular complexity index is 1330. The molecule has 36 heavy (non-hydrogen) atoms. The SMILES string of the molecule is C=CCOc1ccc(C(=O)OCC(=O)N(CCC)c2c(N)n(Cc3ccccc3)c(=O)[nH]c2=O)cc1. The van der Waals surface area contributed by atoms with Crippen molar-refractivity contribution in [3.8, 4) is 5.75 Å². The first-order valence-corrected chi connectivity index (χ1v) is 11.3. The molecule has 0 fully saturated rings. The monoisotopic (exact) mass is 492 g/mol. The number of carbonyl (C=O) groups is 2. The second-order valence-electron chi connectivity index (χ2n) is 7.81. The molecule has 0 aliphatic carbocycles. The molecule has 1 amide bonds. The van der Waals surface area contributed by atoms with Crippen LogP contribution in [0.1, 0.15) is 29.3 Å². The van der Waals surface area contributed by atoms with Gasteiger partial charge in [0, 0.05) is 6.54 Å². The van der Waals surface area contributed by atoms with Crippen LogP contribution in [0.25, 0.3) is 0 Å². The minimum absolute atomic E-state index is 0.102. The fraction of sp³-hybridized carbons (Fsp3) is 0.231. The number of rotatable bonds is 11. The zero-order chi connectivity index (χ0) is 26.1. The van der Waals surface area contributed by atoms with Gasteiger partial charge in [-0.05, 0) is 36.2 Å². The maximum Gasteiger partial charge on any atom is 0.338 e. The minimum Gasteiger partial charge on any atom is -0.490 e. The van der Waals surface area contributed by atoms with Crippen molar-refractivity contribution in [1.82, 2.24) is 9.55 Å². The quantitative estimate of drug-likeness (QED) is 0.310. The molecular formula is C26H28N4O6. The molecule has 1 aromatic heterocycles. The number of aromatic nitrogens is 2. The molecule has 3 rings (SSSR count). The summed E-state index contributed by atoms with van der Waals surface area (Å²) in [6.07, 6.45) is 2.09. The Labute approximate surface area is 207 Å². The molecule has 0 bridgehead atoms. The number of amides is 1. The summed E-state index contributed by atoms with van der Waals surface area (Å²) in [5.74, 6) is -0.975. The van der Waals surface area contributed by atoms with Gasteiger partial charge in [-0.25, -0.2) is 9.59 Å². The summed E-state index contributed by atoms with van der Waals surface area (Å²) in [5, 5.41) is 0. The number of nitrogen functional groups attached to an aromatic ring is 1. The van der Waals surface area contributed by atoms with Crippen LogP contribution >= 0.6 is 0 Å². The predicted molar refractivity (Wildman–Crippen MR) is 136 cm³/mol. The lowest BCUT2D eigenvalue weighted by Gasteiger charge is -2.24. The van der Waals surface area contributed by atoms with Crippen molar-refractivity contribution in [3.05, 3.63) is 99.2 Å². The van der Waals surface area contributed by atoms with Gasteiger partial charge in [0.05, 0.1) is 12.1 Å². The number of nitrogens with two attached hydrogens (primary N) is 1. The molecule has 0 atom stereocenters. The average Bonchev–Trinajstić information content (AvgIpc) is 2.88. The van der Waals surface area contributed by atoms with Crippen molar-refractivity contribution in [2.45, 2.75) is 19.9 Å². The first-order valence-electron chi connectivity index (χ1n) is 11.3. The lowest BCUT2D eigenvalue weighted by atomic mass is 10.2. The van der Waals surface area contributed by atoms with Gasteiger partial charge in [0.25, 0.3) is 11.5 Å². The van der Waals surface area contributed by atoms with Crippen LogP contribution in [0.4, 0.5) is 11.5 Å². The normalized spacial score (nSPS) is 10.5. The van der Waals surface area contributed by atoms with Gasteiger partial charge in [0.15, 0.2) is 12.3 Å². The zero-order valence-electron chi connectivity index (χ0n) is 19.9. The van der Waals surface area contributed by atoms with E-state index in [-0.39, 0.29) is 30.2 Å². The number of esters is 1. The molecule has 10 heteroatoms. The Morgan fingerprint density at radius 3 is 2.44 bits per heavy atom. The highest BCUT2D eigenvalue weighted by atomic mass is 16.5. The van der Waals surface area contributed by atoms with Crippen LogP contribution in [-0.2, 0) is 16.1 Å². The van der Waals surface area contributed by atoms with Crippen LogP contribution in [0, 0.1) is 0 Å². The molecule has 188 valence electrons. The van der Waals surface area contributed by atoms with Crippen molar-refractivity contribution in [3.63, 3.8) is 0 Å². The highest BCUT2D eigenvalue weighted by Gasteiger charge is 2.25. The second-order valence-corrected chi connectivity index (χ2v) is 7.81. The molecule has 3 N–H and O–H groups in total. The maximum atomic E-state index is 13.0. The molecule has 0 aliphatic rings. The largest absolute Gasteiger partial charge is 0.490 e. The van der Waals surface area contributed by atoms with Gasteiger partial charge in [-0.2, -0.15) is 0 Å². The van der Waals surface area contributed by atoms with Gasteiger partial charge in [-0.15, -0.1) is 0 Å². The fourth-order valence-electron chi connectivity index (χ4n) is 3.48. The number of anilines is 2. The van der Waals surface area contributed by atoms with E-state index in [0.29, 0.717) is 18.8 Å². The highest BCUT2D eigenvalue weighted by Crippen LogP contribution is 2.19. The van der Waals surface area contributed by atoms with Gasteiger partial charge >= 0.3 is 11.7 Å². The molecule has 0 saturated heterocycles. The Morgan fingerprint density at radius 2 is 1.81 bits per heavy atom. The molecule has 3 aromatic rings. The first-order chi connectivity index (χ1) is 17.3. The van der Waals surface area contributed by atoms with Crippen molar-refractivity contribution in [2.75, 3.05) is 30.4 Å². The van der Waals surface area contributed by atoms with Crippen molar-refractivity contribution < 1.29 is 19.1 Å². The van der Waals surface area contributed by atoms with E-state index >= 15 is 0 Å². The van der Waals surface area contributed by atoms with Gasteiger partial charge in [-0.3, -0.25) is 19.1 Å². The van der Waals surface area contributed by atoms with Crippen molar-refractivity contribution in [2.24, 2.45) is 0 Å². The second kappa shape index (κ2) is 12.2. The summed E-state index contributed by atoms with van der Waals surface area (Å²) in [5.41, 5.74) is 5.57. The fourth-order valence-corrected chi connectivity index (χ4v) is 3.48. The third kappa shape index (κ3) is 6.29. The topological polar surface area (TPSA) is 137 Å². The number of hydrogen-bond acceptors (Lipinski definition) is 7. The summed E-state index contributed by atoms with van der Waals surface area (Å²) >= 11 is 0.